The van der Waals surface area contributed by atoms with Crippen molar-refractivity contribution < 1.29 is 4.79 Å². The number of nitrogens with zero attached hydrogens (tertiary/aromatic N) is 1. The summed E-state index contributed by atoms with van der Waals surface area (Å²) in [4.78, 5) is 14.6. The summed E-state index contributed by atoms with van der Waals surface area (Å²) in [5, 5.41) is 0. The van der Waals surface area contributed by atoms with Gasteiger partial charge < -0.3 is 4.90 Å². The number of rotatable bonds is 1. The normalized spacial score (nSPS) is 26.9. The molecule has 3 rings (SSSR count). The van der Waals surface area contributed by atoms with Crippen LogP contribution in [0.25, 0.3) is 0 Å². The Morgan fingerprint density at radius 3 is 2.79 bits per heavy atom. The first-order valence-corrected chi connectivity index (χ1v) is 7.62. The Hall–Kier alpha value is -1.31. The van der Waals surface area contributed by atoms with Gasteiger partial charge in [0.1, 0.15) is 5.78 Å². The van der Waals surface area contributed by atoms with Crippen LogP contribution in [0.2, 0.25) is 0 Å². The van der Waals surface area contributed by atoms with Crippen LogP contribution < -0.4 is 4.90 Å². The van der Waals surface area contributed by atoms with Crippen molar-refractivity contribution in [3.8, 4) is 0 Å². The van der Waals surface area contributed by atoms with E-state index >= 15 is 0 Å². The Balaban J connectivity index is 1.99. The molecule has 0 radical (unpaired) electrons. The zero-order chi connectivity index (χ0) is 13.2. The third kappa shape index (κ3) is 2.41. The van der Waals surface area contributed by atoms with Crippen molar-refractivity contribution in [2.75, 3.05) is 11.4 Å². The highest BCUT2D eigenvalue weighted by Crippen LogP contribution is 2.37. The zero-order valence-corrected chi connectivity index (χ0v) is 11.8. The first-order chi connectivity index (χ1) is 9.27. The third-order valence-corrected chi connectivity index (χ3v) is 4.78. The van der Waals surface area contributed by atoms with Crippen LogP contribution >= 0.6 is 0 Å². The fourth-order valence-electron chi connectivity index (χ4n) is 3.78. The fourth-order valence-corrected chi connectivity index (χ4v) is 3.78. The average molecular weight is 257 g/mol. The van der Waals surface area contributed by atoms with Crippen molar-refractivity contribution in [1.82, 2.24) is 0 Å². The predicted molar refractivity (Wildman–Crippen MR) is 78.5 cm³/mol. The van der Waals surface area contributed by atoms with Gasteiger partial charge in [-0.1, -0.05) is 37.5 Å². The van der Waals surface area contributed by atoms with E-state index in [0.717, 1.165) is 13.0 Å². The first-order valence-electron chi connectivity index (χ1n) is 7.62. The number of para-hydroxylation sites is 1. The molecular weight excluding hydrogens is 234 g/mol. The molecule has 0 aromatic heterocycles. The van der Waals surface area contributed by atoms with Gasteiger partial charge in [-0.2, -0.15) is 0 Å². The molecule has 0 N–H and O–H groups in total. The fraction of sp³-hybridized carbons (Fsp3) is 0.588. The topological polar surface area (TPSA) is 20.3 Å². The van der Waals surface area contributed by atoms with E-state index in [1.54, 1.807) is 6.92 Å². The maximum atomic E-state index is 12.0. The van der Waals surface area contributed by atoms with Gasteiger partial charge in [-0.3, -0.25) is 4.79 Å². The summed E-state index contributed by atoms with van der Waals surface area (Å²) in [7, 11) is 0. The highest BCUT2D eigenvalue weighted by atomic mass is 16.1. The second-order valence-electron chi connectivity index (χ2n) is 6.01. The molecule has 0 bridgehead atoms. The minimum Gasteiger partial charge on any atom is -0.368 e. The summed E-state index contributed by atoms with van der Waals surface area (Å²) < 4.78 is 0. The van der Waals surface area contributed by atoms with E-state index in [-0.39, 0.29) is 5.92 Å². The minimum absolute atomic E-state index is 0.202. The van der Waals surface area contributed by atoms with Gasteiger partial charge >= 0.3 is 0 Å². The van der Waals surface area contributed by atoms with Crippen molar-refractivity contribution in [3.05, 3.63) is 29.8 Å². The minimum atomic E-state index is 0.202. The predicted octanol–water partition coefficient (Wildman–Crippen LogP) is 3.59. The van der Waals surface area contributed by atoms with E-state index in [0.29, 0.717) is 11.8 Å². The van der Waals surface area contributed by atoms with Gasteiger partial charge in [-0.15, -0.1) is 0 Å². The lowest BCUT2D eigenvalue weighted by Gasteiger charge is -2.44. The molecule has 1 saturated heterocycles. The Kier molecular flexibility index (Phi) is 3.58. The van der Waals surface area contributed by atoms with E-state index in [4.69, 9.17) is 0 Å². The van der Waals surface area contributed by atoms with Gasteiger partial charge in [-0.05, 0) is 37.8 Å². The van der Waals surface area contributed by atoms with Gasteiger partial charge in [0.05, 0.1) is 0 Å². The SMILES string of the molecule is CC(=O)C1Cc2ccccc2N2CCCCCCC12. The number of benzene rings is 1. The Morgan fingerprint density at radius 1 is 1.16 bits per heavy atom. The van der Waals surface area contributed by atoms with Gasteiger partial charge in [0.2, 0.25) is 0 Å². The Bertz CT molecular complexity index is 468. The summed E-state index contributed by atoms with van der Waals surface area (Å²) in [6.07, 6.45) is 7.31. The van der Waals surface area contributed by atoms with Crippen LogP contribution in [0.4, 0.5) is 5.69 Å². The standard InChI is InChI=1S/C17H23NO/c1-13(19)15-12-14-8-5-6-9-16(14)18-11-7-3-2-4-10-17(15)18/h5-6,8-9,15,17H,2-4,7,10-12H2,1H3. The lowest BCUT2D eigenvalue weighted by Crippen LogP contribution is -2.48. The largest absolute Gasteiger partial charge is 0.368 e. The van der Waals surface area contributed by atoms with E-state index in [1.165, 1.54) is 43.4 Å². The van der Waals surface area contributed by atoms with Gasteiger partial charge in [0.25, 0.3) is 0 Å². The number of hydrogen-bond acceptors (Lipinski definition) is 2. The van der Waals surface area contributed by atoms with Crippen LogP contribution in [0.5, 0.6) is 0 Å². The monoisotopic (exact) mass is 257 g/mol. The molecule has 102 valence electrons. The number of carbonyl (C=O) groups excluding carboxylic acids is 1. The highest BCUT2D eigenvalue weighted by Gasteiger charge is 2.36. The number of Topliss-reactive ketones (excluding diaryl/α,β-unsaturated/α-hetero) is 1. The summed E-state index contributed by atoms with van der Waals surface area (Å²) in [5.41, 5.74) is 2.74. The first kappa shape index (κ1) is 12.7. The second kappa shape index (κ2) is 5.36. The molecule has 0 aliphatic carbocycles. The maximum absolute atomic E-state index is 12.0. The van der Waals surface area contributed by atoms with Crippen molar-refractivity contribution in [3.63, 3.8) is 0 Å². The van der Waals surface area contributed by atoms with Crippen molar-refractivity contribution in [1.29, 1.82) is 0 Å². The van der Waals surface area contributed by atoms with Crippen LogP contribution in [0, 0.1) is 5.92 Å². The quantitative estimate of drug-likeness (QED) is 0.766. The molecule has 2 atom stereocenters. The molecule has 2 nitrogen and oxygen atoms in total. The van der Waals surface area contributed by atoms with Gasteiger partial charge in [0.15, 0.2) is 0 Å². The highest BCUT2D eigenvalue weighted by molar-refractivity contribution is 5.81. The van der Waals surface area contributed by atoms with Crippen LogP contribution in [0.15, 0.2) is 24.3 Å². The zero-order valence-electron chi connectivity index (χ0n) is 11.8. The molecule has 19 heavy (non-hydrogen) atoms. The second-order valence-corrected chi connectivity index (χ2v) is 6.01. The third-order valence-electron chi connectivity index (χ3n) is 4.78. The molecule has 1 fully saturated rings. The lowest BCUT2D eigenvalue weighted by molar-refractivity contribution is -0.121. The molecule has 2 aliphatic heterocycles. The average Bonchev–Trinajstić information content (AvgIpc) is 2.38. The summed E-state index contributed by atoms with van der Waals surface area (Å²) in [5.74, 6) is 0.568. The molecule has 0 saturated carbocycles. The van der Waals surface area contributed by atoms with E-state index in [2.05, 4.69) is 29.2 Å². The number of hydrogen-bond donors (Lipinski definition) is 0. The number of ketones is 1. The van der Waals surface area contributed by atoms with Crippen molar-refractivity contribution >= 4 is 11.5 Å². The van der Waals surface area contributed by atoms with Crippen LogP contribution in [-0.4, -0.2) is 18.4 Å². The van der Waals surface area contributed by atoms with E-state index in [1.807, 2.05) is 0 Å². The van der Waals surface area contributed by atoms with E-state index < -0.39 is 0 Å². The van der Waals surface area contributed by atoms with Crippen LogP contribution in [0.1, 0.15) is 44.6 Å². The molecule has 0 amide bonds. The Morgan fingerprint density at radius 2 is 1.95 bits per heavy atom. The van der Waals surface area contributed by atoms with Crippen LogP contribution in [-0.2, 0) is 11.2 Å². The number of anilines is 1. The maximum Gasteiger partial charge on any atom is 0.135 e. The number of fused-ring (bicyclic) bond motifs is 3. The molecule has 2 heteroatoms. The molecule has 0 spiro atoms. The summed E-state index contributed by atoms with van der Waals surface area (Å²) in [6.45, 7) is 2.89. The molecule has 1 aromatic carbocycles. The lowest BCUT2D eigenvalue weighted by atomic mass is 9.80. The summed E-state index contributed by atoms with van der Waals surface area (Å²) in [6, 6.07) is 9.09. The van der Waals surface area contributed by atoms with Crippen molar-refractivity contribution in [2.45, 2.75) is 51.5 Å². The Labute approximate surface area is 115 Å². The molecule has 2 heterocycles. The van der Waals surface area contributed by atoms with E-state index in [9.17, 15) is 4.79 Å². The van der Waals surface area contributed by atoms with Crippen LogP contribution in [0.3, 0.4) is 0 Å². The number of carbonyl (C=O) groups is 1. The molecular formula is C17H23NO. The molecule has 2 aliphatic rings. The summed E-state index contributed by atoms with van der Waals surface area (Å²) >= 11 is 0. The smallest absolute Gasteiger partial charge is 0.135 e. The van der Waals surface area contributed by atoms with Gasteiger partial charge in [0, 0.05) is 24.2 Å². The van der Waals surface area contributed by atoms with Gasteiger partial charge in [-0.25, -0.2) is 0 Å². The molecule has 1 aromatic rings. The molecule has 2 unspecified atom stereocenters. The van der Waals surface area contributed by atoms with Crippen molar-refractivity contribution in [2.24, 2.45) is 5.92 Å².